The Balaban J connectivity index is 1.20. The van der Waals surface area contributed by atoms with Crippen LogP contribution in [0.15, 0.2) is 176 Å². The fourth-order valence-electron chi connectivity index (χ4n) is 7.65. The number of hydrogen-bond acceptors (Lipinski definition) is 0. The van der Waals surface area contributed by atoms with Gasteiger partial charge in [0.15, 0.2) is 0 Å². The van der Waals surface area contributed by atoms with Crippen molar-refractivity contribution in [2.45, 2.75) is 12.8 Å². The number of allylic oxidation sites excluding steroid dienone is 1. The summed E-state index contributed by atoms with van der Waals surface area (Å²) >= 11 is 0. The van der Waals surface area contributed by atoms with Crippen LogP contribution in [0.1, 0.15) is 17.5 Å². The van der Waals surface area contributed by atoms with Crippen LogP contribution in [0, 0.1) is 0 Å². The number of hydrogen-bond donors (Lipinski definition) is 0. The lowest BCUT2D eigenvalue weighted by atomic mass is 9.79. The third-order valence-electron chi connectivity index (χ3n) is 9.94. The van der Waals surface area contributed by atoms with Crippen molar-refractivity contribution in [1.29, 1.82) is 0 Å². The van der Waals surface area contributed by atoms with Gasteiger partial charge in [-0.15, -0.1) is 0 Å². The molecule has 1 aliphatic carbocycles. The fourth-order valence-corrected chi connectivity index (χ4v) is 7.65. The Morgan fingerprint density at radius 3 is 1.73 bits per heavy atom. The van der Waals surface area contributed by atoms with Crippen molar-refractivity contribution >= 4 is 27.6 Å². The molecule has 0 spiro atoms. The summed E-state index contributed by atoms with van der Waals surface area (Å²) in [5.74, 6) is 0. The summed E-state index contributed by atoms with van der Waals surface area (Å²) < 4.78 is 0. The van der Waals surface area contributed by atoms with Gasteiger partial charge in [0, 0.05) is 0 Å². The quantitative estimate of drug-likeness (QED) is 0.182. The van der Waals surface area contributed by atoms with Crippen molar-refractivity contribution in [2.24, 2.45) is 0 Å². The molecule has 8 aromatic rings. The maximum atomic E-state index is 2.38. The molecule has 1 aliphatic rings. The van der Waals surface area contributed by atoms with Crippen LogP contribution < -0.4 is 0 Å². The van der Waals surface area contributed by atoms with E-state index in [0.29, 0.717) is 0 Å². The summed E-state index contributed by atoms with van der Waals surface area (Å²) in [5, 5.41) is 5.14. The summed E-state index contributed by atoms with van der Waals surface area (Å²) in [5.41, 5.74) is 15.5. The van der Waals surface area contributed by atoms with Crippen molar-refractivity contribution < 1.29 is 0 Å². The first kappa shape index (κ1) is 28.3. The normalized spacial score (nSPS) is 12.3. The molecule has 0 fully saturated rings. The van der Waals surface area contributed by atoms with Gasteiger partial charge >= 0.3 is 0 Å². The Labute approximate surface area is 282 Å². The van der Waals surface area contributed by atoms with E-state index in [2.05, 4.69) is 182 Å². The summed E-state index contributed by atoms with van der Waals surface area (Å²) in [6, 6.07) is 62.2. The minimum Gasteiger partial charge on any atom is -0.0836 e. The van der Waals surface area contributed by atoms with Gasteiger partial charge < -0.3 is 0 Å². The Morgan fingerprint density at radius 1 is 0.354 bits per heavy atom. The lowest BCUT2D eigenvalue weighted by molar-refractivity contribution is 0.991. The SMILES string of the molecule is C1=Cc2c(c(-c3ccc(-c4cccc(-c5ccccc5)c4)cc3)c3ccccc3c2-c2ccccc2-c2ccc3ccccc3c2)CC1. The lowest BCUT2D eigenvalue weighted by Gasteiger charge is -2.25. The highest BCUT2D eigenvalue weighted by Gasteiger charge is 2.23. The summed E-state index contributed by atoms with van der Waals surface area (Å²) in [6.45, 7) is 0. The zero-order valence-electron chi connectivity index (χ0n) is 26.7. The minimum atomic E-state index is 1.03. The maximum Gasteiger partial charge on any atom is -0.00235 e. The molecule has 0 atom stereocenters. The smallest absolute Gasteiger partial charge is 0.00235 e. The van der Waals surface area contributed by atoms with Crippen LogP contribution in [0.25, 0.3) is 83.3 Å². The van der Waals surface area contributed by atoms with E-state index in [1.54, 1.807) is 0 Å². The van der Waals surface area contributed by atoms with Crippen LogP contribution in [-0.2, 0) is 6.42 Å². The van der Waals surface area contributed by atoms with Crippen molar-refractivity contribution in [3.63, 3.8) is 0 Å². The van der Waals surface area contributed by atoms with Gasteiger partial charge in [-0.3, -0.25) is 0 Å². The second-order valence-electron chi connectivity index (χ2n) is 12.8. The van der Waals surface area contributed by atoms with Crippen LogP contribution in [0.2, 0.25) is 0 Å². The van der Waals surface area contributed by atoms with Crippen LogP contribution in [-0.4, -0.2) is 0 Å². The molecule has 9 rings (SSSR count). The molecule has 0 bridgehead atoms. The molecule has 0 radical (unpaired) electrons. The van der Waals surface area contributed by atoms with Crippen molar-refractivity contribution in [2.75, 3.05) is 0 Å². The molecular formula is C48H34. The van der Waals surface area contributed by atoms with E-state index in [0.717, 1.165) is 12.8 Å². The van der Waals surface area contributed by atoms with Gasteiger partial charge in [0.25, 0.3) is 0 Å². The van der Waals surface area contributed by atoms with E-state index < -0.39 is 0 Å². The second-order valence-corrected chi connectivity index (χ2v) is 12.8. The van der Waals surface area contributed by atoms with E-state index in [4.69, 9.17) is 0 Å². The fraction of sp³-hybridized carbons (Fsp3) is 0.0417. The molecule has 0 unspecified atom stereocenters. The first-order valence-electron chi connectivity index (χ1n) is 16.9. The minimum absolute atomic E-state index is 1.03. The van der Waals surface area contributed by atoms with Crippen molar-refractivity contribution in [3.05, 3.63) is 187 Å². The molecule has 48 heavy (non-hydrogen) atoms. The predicted molar refractivity (Wildman–Crippen MR) is 206 cm³/mol. The first-order valence-corrected chi connectivity index (χ1v) is 16.9. The molecular weight excluding hydrogens is 577 g/mol. The van der Waals surface area contributed by atoms with E-state index >= 15 is 0 Å². The Morgan fingerprint density at radius 2 is 0.938 bits per heavy atom. The number of fused-ring (bicyclic) bond motifs is 3. The Hall–Kier alpha value is -5.98. The second kappa shape index (κ2) is 12.0. The lowest BCUT2D eigenvalue weighted by Crippen LogP contribution is -2.03. The predicted octanol–water partition coefficient (Wildman–Crippen LogP) is 13.3. The summed E-state index contributed by atoms with van der Waals surface area (Å²) in [4.78, 5) is 0. The van der Waals surface area contributed by atoms with Gasteiger partial charge in [0.2, 0.25) is 0 Å². The molecule has 0 amide bonds. The topological polar surface area (TPSA) is 0 Å². The number of rotatable bonds is 5. The average Bonchev–Trinajstić information content (AvgIpc) is 3.17. The molecule has 0 N–H and O–H groups in total. The molecule has 0 aromatic heterocycles. The Kier molecular flexibility index (Phi) is 7.06. The largest absolute Gasteiger partial charge is 0.0836 e. The van der Waals surface area contributed by atoms with Crippen molar-refractivity contribution in [3.8, 4) is 55.6 Å². The summed E-state index contributed by atoms with van der Waals surface area (Å²) in [7, 11) is 0. The van der Waals surface area contributed by atoms with E-state index in [9.17, 15) is 0 Å². The standard InChI is InChI=1S/C48H34/c1-2-13-33(14-3-1)38-17-12-18-39(31-38)35-25-28-36(29-26-35)47-43-21-8-10-23-45(43)48(46-24-11-9-22-44(46)47)42-20-7-6-19-41(42)40-30-27-34-15-4-5-16-37(34)32-40/h1-8,10-21,23-32H,9,22H2. The van der Waals surface area contributed by atoms with Crippen LogP contribution in [0.3, 0.4) is 0 Å². The van der Waals surface area contributed by atoms with E-state index in [1.807, 2.05) is 0 Å². The molecule has 0 nitrogen and oxygen atoms in total. The van der Waals surface area contributed by atoms with E-state index in [-0.39, 0.29) is 0 Å². The van der Waals surface area contributed by atoms with Crippen molar-refractivity contribution in [1.82, 2.24) is 0 Å². The molecule has 0 aliphatic heterocycles. The zero-order chi connectivity index (χ0) is 31.9. The highest BCUT2D eigenvalue weighted by Crippen LogP contribution is 2.47. The van der Waals surface area contributed by atoms with Gasteiger partial charge in [-0.25, -0.2) is 0 Å². The van der Waals surface area contributed by atoms with Gasteiger partial charge in [-0.2, -0.15) is 0 Å². The molecule has 0 saturated carbocycles. The van der Waals surface area contributed by atoms with Crippen LogP contribution in [0.4, 0.5) is 0 Å². The molecule has 0 heteroatoms. The average molecular weight is 611 g/mol. The van der Waals surface area contributed by atoms with Crippen LogP contribution >= 0.6 is 0 Å². The van der Waals surface area contributed by atoms with Gasteiger partial charge in [-0.1, -0.05) is 170 Å². The maximum absolute atomic E-state index is 2.38. The first-order chi connectivity index (χ1) is 23.8. The van der Waals surface area contributed by atoms with E-state index in [1.165, 1.54) is 88.3 Å². The molecule has 0 heterocycles. The highest BCUT2D eigenvalue weighted by atomic mass is 14.3. The molecule has 226 valence electrons. The van der Waals surface area contributed by atoms with Crippen LogP contribution in [0.5, 0.6) is 0 Å². The monoisotopic (exact) mass is 610 g/mol. The highest BCUT2D eigenvalue weighted by molar-refractivity contribution is 6.12. The third-order valence-corrected chi connectivity index (χ3v) is 9.94. The van der Waals surface area contributed by atoms with Gasteiger partial charge in [-0.05, 0) is 113 Å². The third kappa shape index (κ3) is 4.94. The van der Waals surface area contributed by atoms with Gasteiger partial charge in [0.05, 0.1) is 0 Å². The molecule has 8 aromatic carbocycles. The zero-order valence-corrected chi connectivity index (χ0v) is 26.7. The Bertz CT molecular complexity index is 2480. The molecule has 0 saturated heterocycles. The summed E-state index contributed by atoms with van der Waals surface area (Å²) in [6.07, 6.45) is 6.81. The van der Waals surface area contributed by atoms with Gasteiger partial charge in [0.1, 0.15) is 0 Å². The number of benzene rings is 8.